The van der Waals surface area contributed by atoms with Crippen LogP contribution in [0.3, 0.4) is 0 Å². The number of nitrogens with zero attached hydrogens (tertiary/aromatic N) is 1. The summed E-state index contributed by atoms with van der Waals surface area (Å²) in [4.78, 5) is 2.72. The van der Waals surface area contributed by atoms with Gasteiger partial charge in [-0.15, -0.1) is 0 Å². The van der Waals surface area contributed by atoms with Crippen LogP contribution in [0, 0.1) is 11.8 Å². The van der Waals surface area contributed by atoms with Gasteiger partial charge in [-0.25, -0.2) is 0 Å². The fourth-order valence-electron chi connectivity index (χ4n) is 4.72. The summed E-state index contributed by atoms with van der Waals surface area (Å²) in [6.45, 7) is 2.64. The quantitative estimate of drug-likeness (QED) is 0.727. The van der Waals surface area contributed by atoms with E-state index in [1.54, 1.807) is 16.8 Å². The molecule has 2 aliphatic carbocycles. The number of piperidine rings is 1. The van der Waals surface area contributed by atoms with Gasteiger partial charge >= 0.3 is 0 Å². The summed E-state index contributed by atoms with van der Waals surface area (Å²) in [5.41, 5.74) is 4.89. The molecule has 0 bridgehead atoms. The molecule has 2 fully saturated rings. The number of hydrogen-bond acceptors (Lipinski definition) is 1. The molecule has 0 N–H and O–H groups in total. The van der Waals surface area contributed by atoms with Crippen molar-refractivity contribution in [2.75, 3.05) is 18.0 Å². The Morgan fingerprint density at radius 1 is 0.895 bits per heavy atom. The second-order valence-corrected chi connectivity index (χ2v) is 6.81. The molecule has 2 atom stereocenters. The molecule has 4 rings (SSSR count). The Bertz CT molecular complexity index is 465. The average molecular weight is 255 g/mol. The van der Waals surface area contributed by atoms with Crippen molar-refractivity contribution in [2.45, 2.75) is 51.4 Å². The van der Waals surface area contributed by atoms with Crippen molar-refractivity contribution < 1.29 is 0 Å². The van der Waals surface area contributed by atoms with Crippen LogP contribution in [0.25, 0.3) is 0 Å². The third kappa shape index (κ3) is 2.07. The summed E-state index contributed by atoms with van der Waals surface area (Å²) >= 11 is 0. The van der Waals surface area contributed by atoms with Gasteiger partial charge in [-0.05, 0) is 61.1 Å². The molecule has 102 valence electrons. The molecular formula is C18H25N. The van der Waals surface area contributed by atoms with E-state index in [9.17, 15) is 0 Å². The van der Waals surface area contributed by atoms with Crippen molar-refractivity contribution in [2.24, 2.45) is 11.8 Å². The second-order valence-electron chi connectivity index (χ2n) is 6.81. The molecule has 1 nitrogen and oxygen atoms in total. The summed E-state index contributed by atoms with van der Waals surface area (Å²) in [6.07, 6.45) is 11.4. The van der Waals surface area contributed by atoms with Gasteiger partial charge in [-0.3, -0.25) is 0 Å². The number of benzene rings is 1. The highest BCUT2D eigenvalue weighted by Crippen LogP contribution is 2.39. The van der Waals surface area contributed by atoms with Crippen molar-refractivity contribution in [3.05, 3.63) is 29.3 Å². The molecule has 0 amide bonds. The van der Waals surface area contributed by atoms with Crippen LogP contribution in [0.2, 0.25) is 0 Å². The molecule has 0 radical (unpaired) electrons. The van der Waals surface area contributed by atoms with Crippen molar-refractivity contribution in [3.8, 4) is 0 Å². The van der Waals surface area contributed by atoms with Crippen LogP contribution >= 0.6 is 0 Å². The highest BCUT2D eigenvalue weighted by Gasteiger charge is 2.32. The van der Waals surface area contributed by atoms with Crippen LogP contribution in [-0.4, -0.2) is 13.1 Å². The average Bonchev–Trinajstić information content (AvgIpc) is 2.95. The predicted molar refractivity (Wildman–Crippen MR) is 80.7 cm³/mol. The van der Waals surface area contributed by atoms with Crippen molar-refractivity contribution in [3.63, 3.8) is 0 Å². The molecule has 0 spiro atoms. The van der Waals surface area contributed by atoms with Crippen LogP contribution in [0.4, 0.5) is 5.69 Å². The van der Waals surface area contributed by atoms with E-state index in [-0.39, 0.29) is 0 Å². The van der Waals surface area contributed by atoms with Gasteiger partial charge in [0.2, 0.25) is 0 Å². The normalized spacial score (nSPS) is 30.0. The van der Waals surface area contributed by atoms with E-state index in [1.165, 1.54) is 64.5 Å². The molecule has 0 aromatic heterocycles. The van der Waals surface area contributed by atoms with E-state index in [4.69, 9.17) is 0 Å². The lowest BCUT2D eigenvalue weighted by Crippen LogP contribution is -2.42. The number of fused-ring (bicyclic) bond motifs is 2. The Hall–Kier alpha value is -0.980. The number of hydrogen-bond donors (Lipinski definition) is 0. The first-order chi connectivity index (χ1) is 9.42. The molecular weight excluding hydrogens is 230 g/mol. The number of anilines is 1. The molecule has 1 heteroatoms. The molecule has 19 heavy (non-hydrogen) atoms. The lowest BCUT2D eigenvalue weighted by atomic mass is 9.75. The van der Waals surface area contributed by atoms with Gasteiger partial charge in [-0.2, -0.15) is 0 Å². The number of aryl methyl sites for hydroxylation is 1. The maximum Gasteiger partial charge on any atom is 0.0401 e. The van der Waals surface area contributed by atoms with Gasteiger partial charge in [0.25, 0.3) is 0 Å². The van der Waals surface area contributed by atoms with Gasteiger partial charge in [0.1, 0.15) is 0 Å². The lowest BCUT2D eigenvalue weighted by Gasteiger charge is -2.43. The fraction of sp³-hybridized carbons (Fsp3) is 0.667. The highest BCUT2D eigenvalue weighted by atomic mass is 15.1. The van der Waals surface area contributed by atoms with E-state index < -0.39 is 0 Å². The minimum Gasteiger partial charge on any atom is -0.371 e. The summed E-state index contributed by atoms with van der Waals surface area (Å²) in [7, 11) is 0. The Kier molecular flexibility index (Phi) is 3.01. The Balaban J connectivity index is 1.58. The molecule has 1 heterocycles. The molecule has 1 saturated heterocycles. The van der Waals surface area contributed by atoms with Gasteiger partial charge in [0, 0.05) is 18.8 Å². The fourth-order valence-corrected chi connectivity index (χ4v) is 4.72. The molecule has 3 aliphatic rings. The van der Waals surface area contributed by atoms with Gasteiger partial charge < -0.3 is 4.90 Å². The van der Waals surface area contributed by atoms with E-state index in [0.29, 0.717) is 0 Å². The first-order valence-corrected chi connectivity index (χ1v) is 8.27. The van der Waals surface area contributed by atoms with Crippen LogP contribution in [-0.2, 0) is 12.8 Å². The molecule has 2 unspecified atom stereocenters. The van der Waals surface area contributed by atoms with Crippen LogP contribution in [0.1, 0.15) is 49.7 Å². The predicted octanol–water partition coefficient (Wildman–Crippen LogP) is 4.19. The summed E-state index contributed by atoms with van der Waals surface area (Å²) in [5, 5.41) is 0. The van der Waals surface area contributed by atoms with Gasteiger partial charge in [0.15, 0.2) is 0 Å². The summed E-state index contributed by atoms with van der Waals surface area (Å²) < 4.78 is 0. The van der Waals surface area contributed by atoms with Gasteiger partial charge in [0.05, 0.1) is 0 Å². The Morgan fingerprint density at radius 3 is 2.74 bits per heavy atom. The first-order valence-electron chi connectivity index (χ1n) is 8.27. The minimum absolute atomic E-state index is 0.986. The summed E-state index contributed by atoms with van der Waals surface area (Å²) in [5.74, 6) is 2.03. The molecule has 1 saturated carbocycles. The SMILES string of the molecule is c1cc2c(c(N3CCC4CCCCC4C3)c1)CCC2. The first kappa shape index (κ1) is 11.8. The smallest absolute Gasteiger partial charge is 0.0401 e. The zero-order valence-electron chi connectivity index (χ0n) is 11.9. The van der Waals surface area contributed by atoms with E-state index in [1.807, 2.05) is 0 Å². The maximum atomic E-state index is 2.72. The largest absolute Gasteiger partial charge is 0.371 e. The summed E-state index contributed by atoms with van der Waals surface area (Å²) in [6, 6.07) is 7.01. The zero-order valence-corrected chi connectivity index (χ0v) is 11.9. The zero-order chi connectivity index (χ0) is 12.7. The van der Waals surface area contributed by atoms with Gasteiger partial charge in [-0.1, -0.05) is 31.4 Å². The monoisotopic (exact) mass is 255 g/mol. The third-order valence-electron chi connectivity index (χ3n) is 5.75. The van der Waals surface area contributed by atoms with Crippen molar-refractivity contribution >= 4 is 5.69 Å². The molecule has 1 aliphatic heterocycles. The lowest BCUT2D eigenvalue weighted by molar-refractivity contribution is 0.202. The Morgan fingerprint density at radius 2 is 1.79 bits per heavy atom. The minimum atomic E-state index is 0.986. The molecule has 1 aromatic rings. The van der Waals surface area contributed by atoms with E-state index in [2.05, 4.69) is 23.1 Å². The van der Waals surface area contributed by atoms with Crippen molar-refractivity contribution in [1.29, 1.82) is 0 Å². The topological polar surface area (TPSA) is 3.24 Å². The third-order valence-corrected chi connectivity index (χ3v) is 5.75. The highest BCUT2D eigenvalue weighted by molar-refractivity contribution is 5.58. The van der Waals surface area contributed by atoms with Crippen LogP contribution < -0.4 is 4.90 Å². The van der Waals surface area contributed by atoms with E-state index >= 15 is 0 Å². The second kappa shape index (κ2) is 4.85. The Labute approximate surface area is 117 Å². The molecule has 1 aromatic carbocycles. The number of rotatable bonds is 1. The van der Waals surface area contributed by atoms with Crippen molar-refractivity contribution in [1.82, 2.24) is 0 Å². The van der Waals surface area contributed by atoms with E-state index in [0.717, 1.165) is 11.8 Å². The standard InChI is InChI=1S/C18H25N/c1-2-6-16-13-19(12-11-14(16)5-1)18-10-4-8-15-7-3-9-17(15)18/h4,8,10,14,16H,1-3,5-7,9,11-13H2. The maximum absolute atomic E-state index is 2.72. The van der Waals surface area contributed by atoms with Crippen LogP contribution in [0.5, 0.6) is 0 Å². The van der Waals surface area contributed by atoms with Crippen LogP contribution in [0.15, 0.2) is 18.2 Å².